The number of carboxylic acids is 1. The Morgan fingerprint density at radius 3 is 2.17 bits per heavy atom. The molecular formula is C24H18ClF3N2O4S. The third-order valence-electron chi connectivity index (χ3n) is 4.75. The van der Waals surface area contributed by atoms with Crippen LogP contribution in [0.5, 0.6) is 0 Å². The number of aromatic carboxylic acids is 1. The summed E-state index contributed by atoms with van der Waals surface area (Å²) in [7, 11) is 0. The van der Waals surface area contributed by atoms with Crippen molar-refractivity contribution in [1.82, 2.24) is 0 Å². The molecule has 0 bridgehead atoms. The predicted octanol–water partition coefficient (Wildman–Crippen LogP) is 6.43. The predicted molar refractivity (Wildman–Crippen MR) is 128 cm³/mol. The summed E-state index contributed by atoms with van der Waals surface area (Å²) in [5, 5.41) is 13.6. The van der Waals surface area contributed by atoms with Gasteiger partial charge in [0.1, 0.15) is 0 Å². The molecule has 3 rings (SSSR count). The van der Waals surface area contributed by atoms with Gasteiger partial charge in [-0.15, -0.1) is 11.8 Å². The number of halogens is 4. The van der Waals surface area contributed by atoms with Gasteiger partial charge in [-0.1, -0.05) is 23.7 Å². The maximum Gasteiger partial charge on any atom is 0.416 e. The van der Waals surface area contributed by atoms with Gasteiger partial charge in [-0.05, 0) is 61.5 Å². The first-order valence-electron chi connectivity index (χ1n) is 10.0. The molecular weight excluding hydrogens is 505 g/mol. The topological polar surface area (TPSA) is 95.5 Å². The minimum Gasteiger partial charge on any atom is -0.478 e. The second kappa shape index (κ2) is 10.8. The SMILES string of the molecule is CC(Sc1ccc(NC(=O)c2ccccc2C(=O)O)cc1)C(=O)Nc1cc(C(F)(F)F)ccc1Cl. The standard InChI is InChI=1S/C24H18ClF3N2O4S/c1-13(21(31)30-20-12-14(24(26,27)28)6-11-19(20)25)35-16-9-7-15(8-10-16)29-22(32)17-4-2-3-5-18(17)23(33)34/h2-13H,1H3,(H,29,32)(H,30,31)(H,33,34). The van der Waals surface area contributed by atoms with Gasteiger partial charge >= 0.3 is 12.1 Å². The Hall–Kier alpha value is -3.50. The molecule has 1 atom stereocenters. The fraction of sp³-hybridized carbons (Fsp3) is 0.125. The molecule has 0 radical (unpaired) electrons. The molecule has 0 spiro atoms. The highest BCUT2D eigenvalue weighted by molar-refractivity contribution is 8.00. The average molecular weight is 523 g/mol. The normalized spacial score (nSPS) is 12.0. The molecule has 0 aliphatic carbocycles. The van der Waals surface area contributed by atoms with E-state index in [1.54, 1.807) is 37.3 Å². The smallest absolute Gasteiger partial charge is 0.416 e. The fourth-order valence-electron chi connectivity index (χ4n) is 2.97. The Morgan fingerprint density at radius 2 is 1.57 bits per heavy atom. The quantitative estimate of drug-likeness (QED) is 0.311. The highest BCUT2D eigenvalue weighted by atomic mass is 35.5. The lowest BCUT2D eigenvalue weighted by atomic mass is 10.1. The molecule has 182 valence electrons. The van der Waals surface area contributed by atoms with Crippen molar-refractivity contribution in [2.75, 3.05) is 10.6 Å². The molecule has 6 nitrogen and oxygen atoms in total. The van der Waals surface area contributed by atoms with Gasteiger partial charge in [0.25, 0.3) is 5.91 Å². The van der Waals surface area contributed by atoms with Gasteiger partial charge in [0.15, 0.2) is 0 Å². The molecule has 11 heteroatoms. The molecule has 0 fully saturated rings. The largest absolute Gasteiger partial charge is 0.478 e. The van der Waals surface area contributed by atoms with Gasteiger partial charge < -0.3 is 15.7 Å². The molecule has 0 aliphatic heterocycles. The number of alkyl halides is 3. The van der Waals surface area contributed by atoms with Crippen molar-refractivity contribution in [2.45, 2.75) is 23.2 Å². The molecule has 3 N–H and O–H groups in total. The Bertz CT molecular complexity index is 1270. The fourth-order valence-corrected chi connectivity index (χ4v) is 4.00. The Balaban J connectivity index is 1.63. The van der Waals surface area contributed by atoms with Crippen LogP contribution in [-0.2, 0) is 11.0 Å². The van der Waals surface area contributed by atoms with E-state index in [4.69, 9.17) is 11.6 Å². The summed E-state index contributed by atoms with van der Waals surface area (Å²) in [6.45, 7) is 1.58. The van der Waals surface area contributed by atoms with Crippen LogP contribution in [0.25, 0.3) is 0 Å². The van der Waals surface area contributed by atoms with Crippen LogP contribution < -0.4 is 10.6 Å². The first-order chi connectivity index (χ1) is 16.5. The molecule has 0 aliphatic rings. The van der Waals surface area contributed by atoms with Crippen LogP contribution >= 0.6 is 23.4 Å². The number of thioether (sulfide) groups is 1. The molecule has 3 aromatic carbocycles. The number of rotatable bonds is 7. The number of hydrogen-bond donors (Lipinski definition) is 3. The van der Waals surface area contributed by atoms with E-state index < -0.39 is 34.8 Å². The third-order valence-corrected chi connectivity index (χ3v) is 6.19. The Morgan fingerprint density at radius 1 is 0.943 bits per heavy atom. The van der Waals surface area contributed by atoms with Gasteiger partial charge in [-0.2, -0.15) is 13.2 Å². The number of amides is 2. The van der Waals surface area contributed by atoms with Crippen molar-refractivity contribution < 1.29 is 32.7 Å². The number of carbonyl (C=O) groups excluding carboxylic acids is 2. The van der Waals surface area contributed by atoms with E-state index in [1.807, 2.05) is 0 Å². The lowest BCUT2D eigenvalue weighted by Gasteiger charge is -2.15. The highest BCUT2D eigenvalue weighted by Crippen LogP contribution is 2.34. The summed E-state index contributed by atoms with van der Waals surface area (Å²) in [5.41, 5.74) is -0.776. The summed E-state index contributed by atoms with van der Waals surface area (Å²) in [5.74, 6) is -2.35. The van der Waals surface area contributed by atoms with E-state index >= 15 is 0 Å². The molecule has 0 saturated heterocycles. The van der Waals surface area contributed by atoms with Crippen LogP contribution in [0.2, 0.25) is 5.02 Å². The van der Waals surface area contributed by atoms with Crippen LogP contribution in [0.4, 0.5) is 24.5 Å². The maximum atomic E-state index is 12.9. The van der Waals surface area contributed by atoms with Crippen LogP contribution in [0.1, 0.15) is 33.2 Å². The summed E-state index contributed by atoms with van der Waals surface area (Å²) >= 11 is 7.08. The molecule has 0 aromatic heterocycles. The Kier molecular flexibility index (Phi) is 8.08. The van der Waals surface area contributed by atoms with Gasteiger partial charge in [-0.25, -0.2) is 4.79 Å². The van der Waals surface area contributed by atoms with Crippen LogP contribution in [-0.4, -0.2) is 28.1 Å². The molecule has 3 aromatic rings. The second-order valence-corrected chi connectivity index (χ2v) is 9.09. The number of carbonyl (C=O) groups is 3. The average Bonchev–Trinajstić information content (AvgIpc) is 2.80. The van der Waals surface area contributed by atoms with E-state index in [-0.39, 0.29) is 21.8 Å². The van der Waals surface area contributed by atoms with Crippen LogP contribution in [0.3, 0.4) is 0 Å². The zero-order chi connectivity index (χ0) is 25.8. The van der Waals surface area contributed by atoms with Gasteiger partial charge in [0.05, 0.1) is 32.7 Å². The van der Waals surface area contributed by atoms with E-state index in [2.05, 4.69) is 10.6 Å². The Labute approximate surface area is 207 Å². The van der Waals surface area contributed by atoms with Crippen LogP contribution in [0.15, 0.2) is 71.6 Å². The zero-order valence-electron chi connectivity index (χ0n) is 18.0. The van der Waals surface area contributed by atoms with Crippen LogP contribution in [0, 0.1) is 0 Å². The molecule has 1 unspecified atom stereocenters. The van der Waals surface area contributed by atoms with E-state index in [0.717, 1.165) is 30.0 Å². The third kappa shape index (κ3) is 6.77. The number of anilines is 2. The minimum absolute atomic E-state index is 0.0111. The number of benzene rings is 3. The number of nitrogens with one attached hydrogen (secondary N) is 2. The molecule has 2 amide bonds. The van der Waals surface area contributed by atoms with Crippen molar-refractivity contribution in [3.8, 4) is 0 Å². The first kappa shape index (κ1) is 26.1. The molecule has 0 saturated carbocycles. The molecule has 0 heterocycles. The summed E-state index contributed by atoms with van der Waals surface area (Å²) in [6, 6.07) is 14.9. The minimum atomic E-state index is -4.57. The second-order valence-electron chi connectivity index (χ2n) is 7.27. The van der Waals surface area contributed by atoms with Crippen molar-refractivity contribution >= 4 is 52.5 Å². The summed E-state index contributed by atoms with van der Waals surface area (Å²) in [4.78, 5) is 36.9. The number of hydrogen-bond acceptors (Lipinski definition) is 4. The van der Waals surface area contributed by atoms with Gasteiger partial charge in [0, 0.05) is 10.6 Å². The monoisotopic (exact) mass is 522 g/mol. The number of carboxylic acid groups (broad SMARTS) is 1. The van der Waals surface area contributed by atoms with Gasteiger partial charge in [0.2, 0.25) is 5.91 Å². The first-order valence-corrected chi connectivity index (χ1v) is 11.3. The summed E-state index contributed by atoms with van der Waals surface area (Å²) in [6.07, 6.45) is -4.57. The van der Waals surface area contributed by atoms with Crippen molar-refractivity contribution in [1.29, 1.82) is 0 Å². The zero-order valence-corrected chi connectivity index (χ0v) is 19.6. The highest BCUT2D eigenvalue weighted by Gasteiger charge is 2.31. The van der Waals surface area contributed by atoms with E-state index in [0.29, 0.717) is 10.6 Å². The maximum absolute atomic E-state index is 12.9. The van der Waals surface area contributed by atoms with Crippen molar-refractivity contribution in [2.24, 2.45) is 0 Å². The van der Waals surface area contributed by atoms with E-state index in [1.165, 1.54) is 18.2 Å². The lowest BCUT2D eigenvalue weighted by molar-refractivity contribution is -0.137. The summed E-state index contributed by atoms with van der Waals surface area (Å²) < 4.78 is 38.8. The van der Waals surface area contributed by atoms with Crippen molar-refractivity contribution in [3.63, 3.8) is 0 Å². The van der Waals surface area contributed by atoms with Gasteiger partial charge in [-0.3, -0.25) is 9.59 Å². The van der Waals surface area contributed by atoms with E-state index in [9.17, 15) is 32.7 Å². The lowest BCUT2D eigenvalue weighted by Crippen LogP contribution is -2.23. The van der Waals surface area contributed by atoms with Crippen molar-refractivity contribution in [3.05, 3.63) is 88.4 Å². The molecule has 35 heavy (non-hydrogen) atoms.